The largest absolute Gasteiger partial charge is 0.508 e. The van der Waals surface area contributed by atoms with Gasteiger partial charge >= 0.3 is 6.09 Å². The molecule has 6 heteroatoms. The Morgan fingerprint density at radius 3 is 2.72 bits per heavy atom. The van der Waals surface area contributed by atoms with Crippen LogP contribution in [0.25, 0.3) is 0 Å². The Morgan fingerprint density at radius 2 is 2.06 bits per heavy atom. The molecule has 1 fully saturated rings. The number of phenols is 2. The summed E-state index contributed by atoms with van der Waals surface area (Å²) in [5.41, 5.74) is 0.130. The van der Waals surface area contributed by atoms with Crippen molar-refractivity contribution in [3.63, 3.8) is 0 Å². The van der Waals surface area contributed by atoms with E-state index in [0.29, 0.717) is 5.56 Å². The predicted molar refractivity (Wildman–Crippen MR) is 68.0 cm³/mol. The summed E-state index contributed by atoms with van der Waals surface area (Å²) in [6.45, 7) is 4.10. The molecule has 0 spiro atoms. The van der Waals surface area contributed by atoms with Gasteiger partial charge in [0.05, 0.1) is 6.04 Å². The van der Waals surface area contributed by atoms with Gasteiger partial charge in [-0.05, 0) is 18.2 Å². The number of amides is 1. The van der Waals surface area contributed by atoms with Crippen LogP contribution in [0.4, 0.5) is 4.79 Å². The summed E-state index contributed by atoms with van der Waals surface area (Å²) < 4.78 is 4.92. The fourth-order valence-electron chi connectivity index (χ4n) is 1.96. The quantitative estimate of drug-likeness (QED) is 0.686. The Hall–Kier alpha value is -1.62. The zero-order valence-electron chi connectivity index (χ0n) is 10.1. The molecule has 1 aliphatic rings. The van der Waals surface area contributed by atoms with Crippen LogP contribution < -0.4 is 5.32 Å². The van der Waals surface area contributed by atoms with Crippen LogP contribution in [0.1, 0.15) is 25.5 Å². The number of phenolic OH excluding ortho intramolecular Hbond substituents is 2. The first-order valence-electron chi connectivity index (χ1n) is 5.35. The highest BCUT2D eigenvalue weighted by atomic mass is 35.5. The van der Waals surface area contributed by atoms with Gasteiger partial charge in [0.25, 0.3) is 0 Å². The van der Waals surface area contributed by atoms with E-state index in [1.165, 1.54) is 18.2 Å². The third kappa shape index (κ3) is 2.61. The molecule has 0 aliphatic carbocycles. The van der Waals surface area contributed by atoms with Crippen molar-refractivity contribution in [1.29, 1.82) is 0 Å². The van der Waals surface area contributed by atoms with Gasteiger partial charge in [0.1, 0.15) is 18.1 Å². The third-order valence-electron chi connectivity index (χ3n) is 2.94. The van der Waals surface area contributed by atoms with Gasteiger partial charge in [0.2, 0.25) is 0 Å². The standard InChI is InChI=1S/C12H15NO4.ClH/c1-12(2)6-17-11(16)13-10(12)8-5-7(14)3-4-9(8)15;/h3-5,10,14-15H,6H2,1-2H3,(H,13,16);1H/t10-;/m0./s1. The van der Waals surface area contributed by atoms with Crippen LogP contribution in [-0.4, -0.2) is 22.9 Å². The molecule has 1 aliphatic heterocycles. The number of hydrogen-bond donors (Lipinski definition) is 3. The molecular formula is C12H16ClNO4. The SMILES string of the molecule is CC1(C)COC(=O)N[C@H]1c1cc(O)ccc1O.Cl. The van der Waals surface area contributed by atoms with E-state index in [1.807, 2.05) is 13.8 Å². The number of halogens is 1. The second kappa shape index (κ2) is 4.94. The van der Waals surface area contributed by atoms with E-state index in [9.17, 15) is 15.0 Å². The first kappa shape index (κ1) is 14.4. The fourth-order valence-corrected chi connectivity index (χ4v) is 1.96. The molecule has 1 saturated heterocycles. The molecule has 0 unspecified atom stereocenters. The maximum atomic E-state index is 11.3. The predicted octanol–water partition coefficient (Wildman–Crippen LogP) is 2.33. The highest BCUT2D eigenvalue weighted by Crippen LogP contribution is 2.40. The maximum Gasteiger partial charge on any atom is 0.407 e. The van der Waals surface area contributed by atoms with Gasteiger partial charge in [0.15, 0.2) is 0 Å². The summed E-state index contributed by atoms with van der Waals surface area (Å²) in [7, 11) is 0. The normalized spacial score (nSPS) is 21.4. The Kier molecular flexibility index (Phi) is 3.96. The molecule has 18 heavy (non-hydrogen) atoms. The first-order valence-corrected chi connectivity index (χ1v) is 5.35. The van der Waals surface area contributed by atoms with Crippen molar-refractivity contribution < 1.29 is 19.7 Å². The molecule has 0 radical (unpaired) electrons. The zero-order chi connectivity index (χ0) is 12.6. The van der Waals surface area contributed by atoms with E-state index < -0.39 is 12.1 Å². The van der Waals surface area contributed by atoms with E-state index in [2.05, 4.69) is 5.32 Å². The molecule has 1 amide bonds. The van der Waals surface area contributed by atoms with Crippen molar-refractivity contribution in [2.24, 2.45) is 5.41 Å². The fraction of sp³-hybridized carbons (Fsp3) is 0.417. The molecule has 1 heterocycles. The summed E-state index contributed by atoms with van der Waals surface area (Å²) in [4.78, 5) is 11.3. The third-order valence-corrected chi connectivity index (χ3v) is 2.94. The lowest BCUT2D eigenvalue weighted by atomic mass is 9.80. The lowest BCUT2D eigenvalue weighted by Crippen LogP contribution is -2.46. The highest BCUT2D eigenvalue weighted by Gasteiger charge is 2.39. The highest BCUT2D eigenvalue weighted by molar-refractivity contribution is 5.85. The minimum Gasteiger partial charge on any atom is -0.508 e. The Bertz CT molecular complexity index is 461. The number of benzene rings is 1. The van der Waals surface area contributed by atoms with Gasteiger partial charge < -0.3 is 20.3 Å². The summed E-state index contributed by atoms with van der Waals surface area (Å²) in [5.74, 6) is 0.0948. The molecular weight excluding hydrogens is 258 g/mol. The number of nitrogens with one attached hydrogen (secondary N) is 1. The van der Waals surface area contributed by atoms with E-state index >= 15 is 0 Å². The topological polar surface area (TPSA) is 78.8 Å². The average Bonchev–Trinajstić information content (AvgIpc) is 2.26. The summed E-state index contributed by atoms with van der Waals surface area (Å²) in [5, 5.41) is 21.9. The molecule has 0 aromatic heterocycles. The summed E-state index contributed by atoms with van der Waals surface area (Å²) in [6, 6.07) is 3.86. The number of ether oxygens (including phenoxy) is 1. The van der Waals surface area contributed by atoms with Crippen molar-refractivity contribution in [3.8, 4) is 11.5 Å². The average molecular weight is 274 g/mol. The molecule has 1 aromatic rings. The second-order valence-corrected chi connectivity index (χ2v) is 4.89. The molecule has 2 rings (SSSR count). The van der Waals surface area contributed by atoms with Crippen LogP contribution in [0, 0.1) is 5.41 Å². The number of rotatable bonds is 1. The Morgan fingerprint density at radius 1 is 1.39 bits per heavy atom. The number of hydrogen-bond acceptors (Lipinski definition) is 4. The smallest absolute Gasteiger partial charge is 0.407 e. The van der Waals surface area contributed by atoms with Gasteiger partial charge in [-0.25, -0.2) is 4.79 Å². The van der Waals surface area contributed by atoms with Crippen molar-refractivity contribution in [2.45, 2.75) is 19.9 Å². The van der Waals surface area contributed by atoms with Crippen molar-refractivity contribution in [2.75, 3.05) is 6.61 Å². The zero-order valence-corrected chi connectivity index (χ0v) is 11.0. The van der Waals surface area contributed by atoms with Crippen molar-refractivity contribution >= 4 is 18.5 Å². The molecule has 100 valence electrons. The van der Waals surface area contributed by atoms with E-state index in [-0.39, 0.29) is 35.9 Å². The van der Waals surface area contributed by atoms with Gasteiger partial charge in [-0.3, -0.25) is 0 Å². The maximum absolute atomic E-state index is 11.3. The number of aromatic hydroxyl groups is 2. The van der Waals surface area contributed by atoms with Crippen molar-refractivity contribution in [1.82, 2.24) is 5.32 Å². The molecule has 1 atom stereocenters. The number of carbonyl (C=O) groups excluding carboxylic acids is 1. The van der Waals surface area contributed by atoms with Crippen LogP contribution >= 0.6 is 12.4 Å². The Labute approximate surface area is 111 Å². The van der Waals surface area contributed by atoms with E-state index in [4.69, 9.17) is 4.74 Å². The Balaban J connectivity index is 0.00000162. The van der Waals surface area contributed by atoms with Gasteiger partial charge in [-0.1, -0.05) is 13.8 Å². The summed E-state index contributed by atoms with van der Waals surface area (Å²) >= 11 is 0. The van der Waals surface area contributed by atoms with Gasteiger partial charge in [0, 0.05) is 11.0 Å². The van der Waals surface area contributed by atoms with Crippen LogP contribution in [0.15, 0.2) is 18.2 Å². The van der Waals surface area contributed by atoms with Gasteiger partial charge in [-0.15, -0.1) is 12.4 Å². The number of cyclic esters (lactones) is 1. The van der Waals surface area contributed by atoms with Crippen LogP contribution in [-0.2, 0) is 4.74 Å². The van der Waals surface area contributed by atoms with Gasteiger partial charge in [-0.2, -0.15) is 0 Å². The van der Waals surface area contributed by atoms with E-state index in [0.717, 1.165) is 0 Å². The summed E-state index contributed by atoms with van der Waals surface area (Å²) in [6.07, 6.45) is -0.517. The number of carbonyl (C=O) groups is 1. The lowest BCUT2D eigenvalue weighted by Gasteiger charge is -2.38. The van der Waals surface area contributed by atoms with Crippen LogP contribution in [0.5, 0.6) is 11.5 Å². The van der Waals surface area contributed by atoms with Crippen molar-refractivity contribution in [3.05, 3.63) is 23.8 Å². The monoisotopic (exact) mass is 273 g/mol. The molecule has 1 aromatic carbocycles. The van der Waals surface area contributed by atoms with E-state index in [1.54, 1.807) is 0 Å². The molecule has 0 saturated carbocycles. The minimum atomic E-state index is -0.517. The lowest BCUT2D eigenvalue weighted by molar-refractivity contribution is 0.0380. The molecule has 0 bridgehead atoms. The second-order valence-electron chi connectivity index (χ2n) is 4.89. The molecule has 5 nitrogen and oxygen atoms in total. The first-order chi connectivity index (χ1) is 7.90. The number of alkyl carbamates (subject to hydrolysis) is 1. The van der Waals surface area contributed by atoms with Crippen LogP contribution in [0.3, 0.4) is 0 Å². The van der Waals surface area contributed by atoms with Crippen LogP contribution in [0.2, 0.25) is 0 Å². The molecule has 3 N–H and O–H groups in total. The minimum absolute atomic E-state index is 0.